The van der Waals surface area contributed by atoms with Gasteiger partial charge in [0.15, 0.2) is 0 Å². The Balaban J connectivity index is 1.49. The normalized spacial score (nSPS) is 53.5. The fourth-order valence-corrected chi connectivity index (χ4v) is 5.91. The van der Waals surface area contributed by atoms with Gasteiger partial charge in [0.25, 0.3) is 0 Å². The Hall–Kier alpha value is -0.0800. The zero-order valence-corrected chi connectivity index (χ0v) is 10.8. The first-order valence-electron chi connectivity index (χ1n) is 7.61. The summed E-state index contributed by atoms with van der Waals surface area (Å²) in [5.74, 6) is 3.19. The minimum Gasteiger partial charge on any atom is -0.392 e. The molecule has 5 aliphatic rings. The van der Waals surface area contributed by atoms with E-state index < -0.39 is 0 Å². The second kappa shape index (κ2) is 3.71. The first-order valence-corrected chi connectivity index (χ1v) is 7.61. The molecule has 0 spiro atoms. The lowest BCUT2D eigenvalue weighted by Crippen LogP contribution is -2.51. The third-order valence-corrected chi connectivity index (χ3v) is 5.97. The lowest BCUT2D eigenvalue weighted by molar-refractivity contribution is -0.0673. The van der Waals surface area contributed by atoms with Gasteiger partial charge in [-0.3, -0.25) is 0 Å². The van der Waals surface area contributed by atoms with Crippen molar-refractivity contribution in [1.82, 2.24) is 4.90 Å². The lowest BCUT2D eigenvalue weighted by Gasteiger charge is -2.57. The monoisotopic (exact) mass is 235 g/mol. The first-order chi connectivity index (χ1) is 8.21. The van der Waals surface area contributed by atoms with E-state index >= 15 is 0 Å². The van der Waals surface area contributed by atoms with E-state index in [1.54, 1.807) is 19.3 Å². The van der Waals surface area contributed by atoms with Crippen LogP contribution in [0.1, 0.15) is 44.9 Å². The molecule has 4 bridgehead atoms. The number of likely N-dealkylation sites (tertiary alicyclic amines) is 1. The fourth-order valence-electron chi connectivity index (χ4n) is 5.91. The van der Waals surface area contributed by atoms with Crippen molar-refractivity contribution in [1.29, 1.82) is 0 Å². The summed E-state index contributed by atoms with van der Waals surface area (Å²) in [5.41, 5.74) is 0.665. The van der Waals surface area contributed by atoms with E-state index in [1.807, 2.05) is 0 Å². The third kappa shape index (κ3) is 1.84. The number of β-amino-alcohol motifs (C(OH)–C–C–N with tert-alkyl or cyclic N) is 1. The molecule has 0 amide bonds. The van der Waals surface area contributed by atoms with E-state index in [0.717, 1.165) is 37.3 Å². The molecule has 17 heavy (non-hydrogen) atoms. The van der Waals surface area contributed by atoms with Crippen molar-refractivity contribution in [3.05, 3.63) is 0 Å². The molecule has 0 aromatic carbocycles. The smallest absolute Gasteiger partial charge is 0.0679 e. The van der Waals surface area contributed by atoms with Crippen LogP contribution in [0, 0.1) is 23.2 Å². The molecular formula is C15H25NO. The molecule has 96 valence electrons. The summed E-state index contributed by atoms with van der Waals surface area (Å²) in [6, 6.07) is 0. The number of nitrogens with zero attached hydrogens (tertiary/aromatic N) is 1. The lowest BCUT2D eigenvalue weighted by atomic mass is 9.49. The van der Waals surface area contributed by atoms with Crippen LogP contribution in [0.5, 0.6) is 0 Å². The highest BCUT2D eigenvalue weighted by Crippen LogP contribution is 2.60. The zero-order chi connectivity index (χ0) is 11.5. The molecule has 5 rings (SSSR count). The molecule has 1 saturated heterocycles. The number of aliphatic hydroxyl groups excluding tert-OH is 1. The van der Waals surface area contributed by atoms with Crippen molar-refractivity contribution in [2.45, 2.75) is 51.0 Å². The standard InChI is InChI=1S/C15H25NO/c17-14-1-2-16(9-14)10-15-6-11-3-12(7-15)5-13(4-11)8-15/h11-14,17H,1-10H2/t11?,12?,13?,14-,15?/m1/s1. The van der Waals surface area contributed by atoms with Crippen LogP contribution in [0.15, 0.2) is 0 Å². The van der Waals surface area contributed by atoms with Crippen LogP contribution in [0.2, 0.25) is 0 Å². The number of aliphatic hydroxyl groups is 1. The molecule has 0 radical (unpaired) electrons. The van der Waals surface area contributed by atoms with Gasteiger partial charge in [-0.1, -0.05) is 0 Å². The highest BCUT2D eigenvalue weighted by molar-refractivity contribution is 5.03. The predicted octanol–water partition coefficient (Wildman–Crippen LogP) is 2.27. The number of hydrogen-bond acceptors (Lipinski definition) is 2. The molecule has 1 heterocycles. The van der Waals surface area contributed by atoms with E-state index in [1.165, 1.54) is 25.8 Å². The van der Waals surface area contributed by atoms with Gasteiger partial charge in [-0.15, -0.1) is 0 Å². The maximum absolute atomic E-state index is 9.67. The average molecular weight is 235 g/mol. The summed E-state index contributed by atoms with van der Waals surface area (Å²) in [4.78, 5) is 2.55. The Kier molecular flexibility index (Phi) is 2.36. The topological polar surface area (TPSA) is 23.5 Å². The maximum atomic E-state index is 9.67. The van der Waals surface area contributed by atoms with Crippen molar-refractivity contribution in [3.63, 3.8) is 0 Å². The second-order valence-corrected chi connectivity index (χ2v) is 7.60. The Labute approximate surface area is 104 Å². The van der Waals surface area contributed by atoms with Crippen molar-refractivity contribution < 1.29 is 5.11 Å². The minimum absolute atomic E-state index is 0.0380. The SMILES string of the molecule is O[C@@H]1CCN(CC23CC4CC(CC(C4)C2)C3)C1. The summed E-state index contributed by atoms with van der Waals surface area (Å²) in [6.45, 7) is 3.39. The summed E-state index contributed by atoms with van der Waals surface area (Å²) >= 11 is 0. The number of hydrogen-bond donors (Lipinski definition) is 1. The molecule has 0 aromatic heterocycles. The Bertz CT molecular complexity index is 279. The maximum Gasteiger partial charge on any atom is 0.0679 e. The molecule has 2 heteroatoms. The van der Waals surface area contributed by atoms with Gasteiger partial charge < -0.3 is 10.0 Å². The molecule has 5 fully saturated rings. The van der Waals surface area contributed by atoms with Crippen molar-refractivity contribution in [2.75, 3.05) is 19.6 Å². The summed E-state index contributed by atoms with van der Waals surface area (Å²) < 4.78 is 0. The van der Waals surface area contributed by atoms with Crippen LogP contribution in [0.4, 0.5) is 0 Å². The van der Waals surface area contributed by atoms with E-state index in [-0.39, 0.29) is 6.10 Å². The second-order valence-electron chi connectivity index (χ2n) is 7.60. The molecule has 1 atom stereocenters. The van der Waals surface area contributed by atoms with Gasteiger partial charge in [0, 0.05) is 19.6 Å². The molecule has 0 unspecified atom stereocenters. The molecular weight excluding hydrogens is 210 g/mol. The average Bonchev–Trinajstić information content (AvgIpc) is 2.60. The van der Waals surface area contributed by atoms with Crippen LogP contribution >= 0.6 is 0 Å². The van der Waals surface area contributed by atoms with Gasteiger partial charge in [-0.05, 0) is 68.1 Å². The van der Waals surface area contributed by atoms with Crippen molar-refractivity contribution in [3.8, 4) is 0 Å². The molecule has 4 saturated carbocycles. The van der Waals surface area contributed by atoms with Gasteiger partial charge in [0.2, 0.25) is 0 Å². The molecule has 2 nitrogen and oxygen atoms in total. The van der Waals surface area contributed by atoms with Crippen molar-refractivity contribution >= 4 is 0 Å². The summed E-state index contributed by atoms with van der Waals surface area (Å²) in [7, 11) is 0. The Morgan fingerprint density at radius 2 is 1.59 bits per heavy atom. The molecule has 1 aliphatic heterocycles. The van der Waals surface area contributed by atoms with E-state index in [0.29, 0.717) is 5.41 Å². The van der Waals surface area contributed by atoms with E-state index in [2.05, 4.69) is 4.90 Å². The van der Waals surface area contributed by atoms with Crippen molar-refractivity contribution in [2.24, 2.45) is 23.2 Å². The highest BCUT2D eigenvalue weighted by Gasteiger charge is 2.51. The molecule has 1 N–H and O–H groups in total. The fraction of sp³-hybridized carbons (Fsp3) is 1.00. The molecule has 4 aliphatic carbocycles. The van der Waals surface area contributed by atoms with Crippen LogP contribution in [-0.2, 0) is 0 Å². The van der Waals surface area contributed by atoms with Crippen LogP contribution in [0.25, 0.3) is 0 Å². The van der Waals surface area contributed by atoms with Crippen LogP contribution in [0.3, 0.4) is 0 Å². The Morgan fingerprint density at radius 3 is 2.06 bits per heavy atom. The predicted molar refractivity (Wildman–Crippen MR) is 67.7 cm³/mol. The van der Waals surface area contributed by atoms with E-state index in [4.69, 9.17) is 0 Å². The quantitative estimate of drug-likeness (QED) is 0.793. The van der Waals surface area contributed by atoms with Gasteiger partial charge in [-0.25, -0.2) is 0 Å². The van der Waals surface area contributed by atoms with Crippen LogP contribution < -0.4 is 0 Å². The largest absolute Gasteiger partial charge is 0.392 e. The summed E-state index contributed by atoms with van der Waals surface area (Å²) in [6.07, 6.45) is 10.1. The van der Waals surface area contributed by atoms with E-state index in [9.17, 15) is 5.11 Å². The van der Waals surface area contributed by atoms with Gasteiger partial charge >= 0.3 is 0 Å². The summed E-state index contributed by atoms with van der Waals surface area (Å²) in [5, 5.41) is 9.67. The van der Waals surface area contributed by atoms with Gasteiger partial charge in [0.1, 0.15) is 0 Å². The highest BCUT2D eigenvalue weighted by atomic mass is 16.3. The van der Waals surface area contributed by atoms with Gasteiger partial charge in [0.05, 0.1) is 6.10 Å². The first kappa shape index (κ1) is 10.8. The minimum atomic E-state index is -0.0380. The third-order valence-electron chi connectivity index (χ3n) is 5.97. The molecule has 0 aromatic rings. The van der Waals surface area contributed by atoms with Crippen LogP contribution in [-0.4, -0.2) is 35.7 Å². The zero-order valence-electron chi connectivity index (χ0n) is 10.8. The number of rotatable bonds is 2. The Morgan fingerprint density at radius 1 is 1.00 bits per heavy atom. The van der Waals surface area contributed by atoms with Gasteiger partial charge in [-0.2, -0.15) is 0 Å².